The molecule has 0 spiro atoms. The van der Waals surface area contributed by atoms with Crippen LogP contribution in [0, 0.1) is 11.8 Å². The molecule has 0 aliphatic rings. The van der Waals surface area contributed by atoms with Crippen molar-refractivity contribution in [1.82, 2.24) is 0 Å². The number of esters is 1. The van der Waals surface area contributed by atoms with Crippen LogP contribution in [0.25, 0.3) is 0 Å². The van der Waals surface area contributed by atoms with Gasteiger partial charge >= 0.3 is 5.97 Å². The normalized spacial score (nSPS) is 10.2. The predicted molar refractivity (Wildman–Crippen MR) is 136 cm³/mol. The van der Waals surface area contributed by atoms with Crippen LogP contribution in [0.4, 0.5) is 0 Å². The van der Waals surface area contributed by atoms with Gasteiger partial charge in [0.15, 0.2) is 0 Å². The maximum Gasteiger partial charge on any atom is 0.343 e. The molecule has 0 unspecified atom stereocenters. The van der Waals surface area contributed by atoms with E-state index < -0.39 is 5.97 Å². The third-order valence-corrected chi connectivity index (χ3v) is 5.36. The molecule has 0 aliphatic carbocycles. The molecule has 0 N–H and O–H groups in total. The third-order valence-electron chi connectivity index (χ3n) is 5.36. The van der Waals surface area contributed by atoms with Crippen LogP contribution in [0.3, 0.4) is 0 Å². The minimum Gasteiger partial charge on any atom is -0.497 e. The molecule has 34 heavy (non-hydrogen) atoms. The Labute approximate surface area is 202 Å². The Balaban J connectivity index is 1.46. The lowest BCUT2D eigenvalue weighted by Gasteiger charge is -2.06. The van der Waals surface area contributed by atoms with Crippen LogP contribution < -0.4 is 14.2 Å². The van der Waals surface area contributed by atoms with E-state index in [0.29, 0.717) is 17.1 Å². The van der Waals surface area contributed by atoms with Crippen LogP contribution >= 0.6 is 0 Å². The van der Waals surface area contributed by atoms with E-state index in [-0.39, 0.29) is 0 Å². The summed E-state index contributed by atoms with van der Waals surface area (Å²) in [6, 6.07) is 21.8. The quantitative estimate of drug-likeness (QED) is 0.134. The first-order valence-electron chi connectivity index (χ1n) is 11.9. The average Bonchev–Trinajstić information content (AvgIpc) is 2.88. The van der Waals surface area contributed by atoms with Gasteiger partial charge in [-0.1, -0.05) is 50.9 Å². The van der Waals surface area contributed by atoms with Crippen molar-refractivity contribution < 1.29 is 19.0 Å². The van der Waals surface area contributed by atoms with Gasteiger partial charge in [-0.2, -0.15) is 0 Å². The Hall–Kier alpha value is -3.71. The van der Waals surface area contributed by atoms with E-state index in [9.17, 15) is 4.79 Å². The standard InChI is InChI=1S/C30H32O4/c1-3-4-5-6-7-8-23-33-28-17-13-25(14-18-28)10-9-24-11-15-26(16-12-24)30(31)34-29-21-19-27(32-2)20-22-29/h11-22H,3-8,23H2,1-2H3. The fourth-order valence-electron chi connectivity index (χ4n) is 3.35. The summed E-state index contributed by atoms with van der Waals surface area (Å²) in [7, 11) is 1.59. The largest absolute Gasteiger partial charge is 0.497 e. The zero-order valence-corrected chi connectivity index (χ0v) is 20.0. The molecule has 0 heterocycles. The maximum atomic E-state index is 12.3. The minimum atomic E-state index is -0.416. The van der Waals surface area contributed by atoms with Gasteiger partial charge in [-0.05, 0) is 79.2 Å². The van der Waals surface area contributed by atoms with Gasteiger partial charge in [0.05, 0.1) is 19.3 Å². The number of rotatable bonds is 11. The third kappa shape index (κ3) is 8.33. The molecule has 3 aromatic carbocycles. The molecule has 0 saturated heterocycles. The van der Waals surface area contributed by atoms with E-state index in [1.165, 1.54) is 32.1 Å². The highest BCUT2D eigenvalue weighted by Gasteiger charge is 2.08. The van der Waals surface area contributed by atoms with E-state index in [1.807, 2.05) is 36.4 Å². The van der Waals surface area contributed by atoms with E-state index in [1.54, 1.807) is 43.5 Å². The van der Waals surface area contributed by atoms with E-state index >= 15 is 0 Å². The molecule has 0 fully saturated rings. The topological polar surface area (TPSA) is 44.8 Å². The van der Waals surface area contributed by atoms with Gasteiger partial charge < -0.3 is 14.2 Å². The van der Waals surface area contributed by atoms with Crippen LogP contribution in [0.15, 0.2) is 72.8 Å². The molecule has 176 valence electrons. The van der Waals surface area contributed by atoms with Gasteiger partial charge in [0.1, 0.15) is 17.2 Å². The van der Waals surface area contributed by atoms with Crippen LogP contribution in [0.5, 0.6) is 17.2 Å². The van der Waals surface area contributed by atoms with Crippen molar-refractivity contribution in [2.24, 2.45) is 0 Å². The number of benzene rings is 3. The minimum absolute atomic E-state index is 0.416. The summed E-state index contributed by atoms with van der Waals surface area (Å²) >= 11 is 0. The number of carbonyl (C=O) groups is 1. The molecule has 3 aromatic rings. The van der Waals surface area contributed by atoms with Gasteiger partial charge in [-0.15, -0.1) is 0 Å². The maximum absolute atomic E-state index is 12.3. The van der Waals surface area contributed by atoms with Gasteiger partial charge in [0, 0.05) is 11.1 Å². The van der Waals surface area contributed by atoms with E-state index in [0.717, 1.165) is 29.9 Å². The fourth-order valence-corrected chi connectivity index (χ4v) is 3.35. The predicted octanol–water partition coefficient (Wildman–Crippen LogP) is 7.05. The first kappa shape index (κ1) is 24.9. The Bertz CT molecular complexity index is 1070. The summed E-state index contributed by atoms with van der Waals surface area (Å²) in [5.41, 5.74) is 2.20. The first-order chi connectivity index (χ1) is 16.7. The highest BCUT2D eigenvalue weighted by Crippen LogP contribution is 2.18. The lowest BCUT2D eigenvalue weighted by Crippen LogP contribution is -2.08. The lowest BCUT2D eigenvalue weighted by molar-refractivity contribution is 0.0734. The molecule has 3 rings (SSSR count). The zero-order valence-electron chi connectivity index (χ0n) is 20.0. The van der Waals surface area contributed by atoms with Gasteiger partial charge in [0.25, 0.3) is 0 Å². The Kier molecular flexibility index (Phi) is 10.1. The summed E-state index contributed by atoms with van der Waals surface area (Å²) in [5.74, 6) is 7.91. The van der Waals surface area contributed by atoms with Crippen molar-refractivity contribution in [3.05, 3.63) is 89.5 Å². The SMILES string of the molecule is CCCCCCCCOc1ccc(C#Cc2ccc(C(=O)Oc3ccc(OC)cc3)cc2)cc1. The average molecular weight is 457 g/mol. The van der Waals surface area contributed by atoms with Crippen molar-refractivity contribution in [2.75, 3.05) is 13.7 Å². The zero-order chi connectivity index (χ0) is 24.0. The van der Waals surface area contributed by atoms with Crippen molar-refractivity contribution >= 4 is 5.97 Å². The summed E-state index contributed by atoms with van der Waals surface area (Å²) < 4.78 is 16.3. The molecular formula is C30H32O4. The van der Waals surface area contributed by atoms with Crippen LogP contribution in [-0.4, -0.2) is 19.7 Å². The summed E-state index contributed by atoms with van der Waals surface area (Å²) in [4.78, 5) is 12.3. The molecular weight excluding hydrogens is 424 g/mol. The van der Waals surface area contributed by atoms with E-state index in [2.05, 4.69) is 18.8 Å². The van der Waals surface area contributed by atoms with Crippen LogP contribution in [-0.2, 0) is 0 Å². The smallest absolute Gasteiger partial charge is 0.343 e. The molecule has 0 saturated carbocycles. The highest BCUT2D eigenvalue weighted by molar-refractivity contribution is 5.91. The molecule has 0 radical (unpaired) electrons. The van der Waals surface area contributed by atoms with Crippen LogP contribution in [0.1, 0.15) is 66.9 Å². The number of carbonyl (C=O) groups excluding carboxylic acids is 1. The summed E-state index contributed by atoms with van der Waals surface area (Å²) in [6.45, 7) is 2.99. The van der Waals surface area contributed by atoms with Crippen LogP contribution in [0.2, 0.25) is 0 Å². The molecule has 0 bridgehead atoms. The number of unbranched alkanes of at least 4 members (excludes halogenated alkanes) is 5. The number of ether oxygens (including phenoxy) is 3. The Morgan fingerprint density at radius 1 is 0.676 bits per heavy atom. The molecule has 4 heteroatoms. The van der Waals surface area contributed by atoms with Crippen molar-refractivity contribution in [3.8, 4) is 29.1 Å². The first-order valence-corrected chi connectivity index (χ1v) is 11.9. The second-order valence-corrected chi connectivity index (χ2v) is 8.03. The Morgan fingerprint density at radius 3 is 1.82 bits per heavy atom. The number of hydrogen-bond acceptors (Lipinski definition) is 4. The van der Waals surface area contributed by atoms with Crippen molar-refractivity contribution in [1.29, 1.82) is 0 Å². The van der Waals surface area contributed by atoms with Crippen molar-refractivity contribution in [3.63, 3.8) is 0 Å². The molecule has 4 nitrogen and oxygen atoms in total. The highest BCUT2D eigenvalue weighted by atomic mass is 16.5. The molecule has 0 aromatic heterocycles. The second kappa shape index (κ2) is 13.7. The molecule has 0 atom stereocenters. The molecule has 0 amide bonds. The second-order valence-electron chi connectivity index (χ2n) is 8.03. The monoisotopic (exact) mass is 456 g/mol. The van der Waals surface area contributed by atoms with E-state index in [4.69, 9.17) is 14.2 Å². The Morgan fingerprint density at radius 2 is 1.21 bits per heavy atom. The number of methoxy groups -OCH3 is 1. The van der Waals surface area contributed by atoms with Gasteiger partial charge in [0.2, 0.25) is 0 Å². The van der Waals surface area contributed by atoms with Crippen molar-refractivity contribution in [2.45, 2.75) is 45.4 Å². The van der Waals surface area contributed by atoms with Gasteiger partial charge in [-0.3, -0.25) is 0 Å². The molecule has 0 aliphatic heterocycles. The summed E-state index contributed by atoms with van der Waals surface area (Å²) in [6.07, 6.45) is 7.52. The number of hydrogen-bond donors (Lipinski definition) is 0. The lowest BCUT2D eigenvalue weighted by atomic mass is 10.1. The van der Waals surface area contributed by atoms with Gasteiger partial charge in [-0.25, -0.2) is 4.79 Å². The fraction of sp³-hybridized carbons (Fsp3) is 0.300. The summed E-state index contributed by atoms with van der Waals surface area (Å²) in [5, 5.41) is 0.